The molecule has 0 radical (unpaired) electrons. The van der Waals surface area contributed by atoms with Crippen LogP contribution in [0.4, 0.5) is 0 Å². The zero-order chi connectivity index (χ0) is 9.84. The zero-order valence-electron chi connectivity index (χ0n) is 7.62. The van der Waals surface area contributed by atoms with Crippen molar-refractivity contribution in [3.05, 3.63) is 10.9 Å². The number of methoxy groups -OCH3 is 2. The number of carbonyl (C=O) groups is 1. The van der Waals surface area contributed by atoms with Crippen molar-refractivity contribution in [3.63, 3.8) is 0 Å². The fraction of sp³-hybridized carbons (Fsp3) is 0.375. The SMILES string of the molecule is COC(=O)c1sc(SC)cc1OC. The molecule has 13 heavy (non-hydrogen) atoms. The normalized spacial score (nSPS) is 9.77. The molecule has 1 heterocycles. The van der Waals surface area contributed by atoms with E-state index in [0.29, 0.717) is 10.6 Å². The molecule has 0 amide bonds. The summed E-state index contributed by atoms with van der Waals surface area (Å²) < 4.78 is 10.7. The fourth-order valence-electron chi connectivity index (χ4n) is 0.840. The summed E-state index contributed by atoms with van der Waals surface area (Å²) in [6, 6.07) is 1.83. The van der Waals surface area contributed by atoms with Gasteiger partial charge in [0, 0.05) is 6.07 Å². The molecular formula is C8H10O3S2. The van der Waals surface area contributed by atoms with Gasteiger partial charge in [-0.2, -0.15) is 0 Å². The summed E-state index contributed by atoms with van der Waals surface area (Å²) in [5, 5.41) is 0. The number of carbonyl (C=O) groups excluding carboxylic acids is 1. The molecule has 0 aliphatic heterocycles. The lowest BCUT2D eigenvalue weighted by Gasteiger charge is -1.98. The second-order valence-electron chi connectivity index (χ2n) is 2.16. The highest BCUT2D eigenvalue weighted by Crippen LogP contribution is 2.34. The third-order valence-electron chi connectivity index (χ3n) is 1.47. The highest BCUT2D eigenvalue weighted by molar-refractivity contribution is 8.00. The molecule has 0 saturated heterocycles. The van der Waals surface area contributed by atoms with E-state index in [4.69, 9.17) is 4.74 Å². The summed E-state index contributed by atoms with van der Waals surface area (Å²) in [5.74, 6) is 0.239. The minimum absolute atomic E-state index is 0.345. The van der Waals surface area contributed by atoms with E-state index in [1.807, 2.05) is 12.3 Å². The molecular weight excluding hydrogens is 208 g/mol. The van der Waals surface area contributed by atoms with Crippen LogP contribution in [0.3, 0.4) is 0 Å². The Hall–Kier alpha value is -0.680. The Morgan fingerprint density at radius 1 is 1.54 bits per heavy atom. The Kier molecular flexibility index (Phi) is 3.62. The van der Waals surface area contributed by atoms with E-state index in [1.165, 1.54) is 18.4 Å². The lowest BCUT2D eigenvalue weighted by atomic mass is 10.4. The molecule has 0 aliphatic rings. The van der Waals surface area contributed by atoms with Gasteiger partial charge in [0.1, 0.15) is 5.75 Å². The van der Waals surface area contributed by atoms with Crippen LogP contribution in [0.15, 0.2) is 10.3 Å². The number of hydrogen-bond acceptors (Lipinski definition) is 5. The molecule has 0 aliphatic carbocycles. The molecule has 72 valence electrons. The van der Waals surface area contributed by atoms with E-state index in [1.54, 1.807) is 18.9 Å². The molecule has 0 atom stereocenters. The molecule has 0 saturated carbocycles. The van der Waals surface area contributed by atoms with Crippen molar-refractivity contribution in [1.82, 2.24) is 0 Å². The summed E-state index contributed by atoms with van der Waals surface area (Å²) in [6.45, 7) is 0. The van der Waals surface area contributed by atoms with Gasteiger partial charge in [-0.1, -0.05) is 0 Å². The molecule has 0 unspecified atom stereocenters. The topological polar surface area (TPSA) is 35.5 Å². The lowest BCUT2D eigenvalue weighted by Crippen LogP contribution is -1.99. The maximum atomic E-state index is 11.2. The first-order chi connectivity index (χ1) is 6.22. The Morgan fingerprint density at radius 2 is 2.23 bits per heavy atom. The summed E-state index contributed by atoms with van der Waals surface area (Å²) in [6.07, 6.45) is 1.95. The van der Waals surface area contributed by atoms with E-state index in [-0.39, 0.29) is 5.97 Å². The predicted molar refractivity (Wildman–Crippen MR) is 54.0 cm³/mol. The van der Waals surface area contributed by atoms with Crippen LogP contribution < -0.4 is 4.74 Å². The Labute approximate surface area is 85.0 Å². The standard InChI is InChI=1S/C8H10O3S2/c1-10-5-4-6(12-3)13-7(5)8(9)11-2/h4H,1-3H3. The predicted octanol–water partition coefficient (Wildman–Crippen LogP) is 2.27. The minimum atomic E-state index is -0.345. The van der Waals surface area contributed by atoms with Crippen LogP contribution in [0.1, 0.15) is 9.67 Å². The quantitative estimate of drug-likeness (QED) is 0.576. The van der Waals surface area contributed by atoms with E-state index in [2.05, 4.69) is 4.74 Å². The first-order valence-corrected chi connectivity index (χ1v) is 5.57. The van der Waals surface area contributed by atoms with Crippen molar-refractivity contribution in [2.24, 2.45) is 0 Å². The molecule has 0 fully saturated rings. The minimum Gasteiger partial charge on any atom is -0.495 e. The number of rotatable bonds is 3. The van der Waals surface area contributed by atoms with Gasteiger partial charge in [0.15, 0.2) is 4.88 Å². The van der Waals surface area contributed by atoms with Gasteiger partial charge in [0.05, 0.1) is 18.4 Å². The highest BCUT2D eigenvalue weighted by Gasteiger charge is 2.16. The van der Waals surface area contributed by atoms with E-state index in [9.17, 15) is 4.79 Å². The van der Waals surface area contributed by atoms with Gasteiger partial charge in [-0.15, -0.1) is 23.1 Å². The van der Waals surface area contributed by atoms with Gasteiger partial charge in [-0.3, -0.25) is 0 Å². The van der Waals surface area contributed by atoms with Crippen molar-refractivity contribution in [1.29, 1.82) is 0 Å². The third-order valence-corrected chi connectivity index (χ3v) is 3.63. The summed E-state index contributed by atoms with van der Waals surface area (Å²) in [4.78, 5) is 11.7. The van der Waals surface area contributed by atoms with E-state index < -0.39 is 0 Å². The first kappa shape index (κ1) is 10.4. The largest absolute Gasteiger partial charge is 0.495 e. The monoisotopic (exact) mass is 218 g/mol. The molecule has 1 rings (SSSR count). The average Bonchev–Trinajstić information content (AvgIpc) is 2.59. The van der Waals surface area contributed by atoms with E-state index >= 15 is 0 Å². The molecule has 1 aromatic rings. The molecule has 5 heteroatoms. The number of thioether (sulfide) groups is 1. The number of esters is 1. The van der Waals surface area contributed by atoms with Crippen molar-refractivity contribution >= 4 is 29.1 Å². The Balaban J connectivity index is 3.03. The smallest absolute Gasteiger partial charge is 0.351 e. The van der Waals surface area contributed by atoms with Crippen molar-refractivity contribution in [3.8, 4) is 5.75 Å². The van der Waals surface area contributed by atoms with Crippen LogP contribution in [0.5, 0.6) is 5.75 Å². The van der Waals surface area contributed by atoms with Gasteiger partial charge in [0.2, 0.25) is 0 Å². The first-order valence-electron chi connectivity index (χ1n) is 3.53. The van der Waals surface area contributed by atoms with Crippen LogP contribution in [-0.2, 0) is 4.74 Å². The van der Waals surface area contributed by atoms with Crippen molar-refractivity contribution in [2.45, 2.75) is 4.21 Å². The summed E-state index contributed by atoms with van der Waals surface area (Å²) in [5.41, 5.74) is 0. The molecule has 3 nitrogen and oxygen atoms in total. The van der Waals surface area contributed by atoms with Gasteiger partial charge >= 0.3 is 5.97 Å². The van der Waals surface area contributed by atoms with Crippen molar-refractivity contribution in [2.75, 3.05) is 20.5 Å². The fourth-order valence-corrected chi connectivity index (χ4v) is 2.42. The second kappa shape index (κ2) is 4.53. The Bertz CT molecular complexity index is 306. The van der Waals surface area contributed by atoms with Crippen LogP contribution in [-0.4, -0.2) is 26.4 Å². The van der Waals surface area contributed by atoms with Crippen LogP contribution in [0, 0.1) is 0 Å². The number of ether oxygens (including phenoxy) is 2. The van der Waals surface area contributed by atoms with Crippen LogP contribution >= 0.6 is 23.1 Å². The van der Waals surface area contributed by atoms with Crippen molar-refractivity contribution < 1.29 is 14.3 Å². The van der Waals surface area contributed by atoms with Gasteiger partial charge in [0.25, 0.3) is 0 Å². The van der Waals surface area contributed by atoms with E-state index in [0.717, 1.165) is 4.21 Å². The zero-order valence-corrected chi connectivity index (χ0v) is 9.25. The summed E-state index contributed by atoms with van der Waals surface area (Å²) in [7, 11) is 2.90. The Morgan fingerprint density at radius 3 is 2.69 bits per heavy atom. The van der Waals surface area contributed by atoms with Gasteiger partial charge in [-0.05, 0) is 6.26 Å². The second-order valence-corrected chi connectivity index (χ2v) is 4.32. The third kappa shape index (κ3) is 2.16. The lowest BCUT2D eigenvalue weighted by molar-refractivity contribution is 0.0603. The van der Waals surface area contributed by atoms with Crippen LogP contribution in [0.25, 0.3) is 0 Å². The maximum absolute atomic E-state index is 11.2. The average molecular weight is 218 g/mol. The molecule has 0 spiro atoms. The maximum Gasteiger partial charge on any atom is 0.351 e. The molecule has 0 N–H and O–H groups in total. The van der Waals surface area contributed by atoms with Gasteiger partial charge in [-0.25, -0.2) is 4.79 Å². The molecule has 1 aromatic heterocycles. The molecule has 0 bridgehead atoms. The van der Waals surface area contributed by atoms with Gasteiger partial charge < -0.3 is 9.47 Å². The molecule has 0 aromatic carbocycles. The number of thiophene rings is 1. The summed E-state index contributed by atoms with van der Waals surface area (Å²) >= 11 is 2.96. The van der Waals surface area contributed by atoms with Crippen LogP contribution in [0.2, 0.25) is 0 Å². The highest BCUT2D eigenvalue weighted by atomic mass is 32.2. The number of hydrogen-bond donors (Lipinski definition) is 0.